The van der Waals surface area contributed by atoms with Crippen LogP contribution in [0, 0.1) is 5.92 Å². The molecule has 3 heteroatoms. The molecular weight excluding hydrogens is 224 g/mol. The summed E-state index contributed by atoms with van der Waals surface area (Å²) in [5.74, 6) is 0.759. The molecule has 3 atom stereocenters. The Bertz CT molecular complexity index is 391. The minimum absolute atomic E-state index is 0.0746. The van der Waals surface area contributed by atoms with Crippen LogP contribution in [0.4, 0.5) is 0 Å². The maximum atomic E-state index is 11.9. The van der Waals surface area contributed by atoms with E-state index in [9.17, 15) is 4.79 Å². The van der Waals surface area contributed by atoms with Crippen molar-refractivity contribution in [3.63, 3.8) is 0 Å². The van der Waals surface area contributed by atoms with Crippen LogP contribution in [0.1, 0.15) is 37.7 Å². The highest BCUT2D eigenvalue weighted by Gasteiger charge is 2.39. The van der Waals surface area contributed by atoms with Crippen LogP contribution in [0.5, 0.6) is 0 Å². The van der Waals surface area contributed by atoms with E-state index in [-0.39, 0.29) is 11.8 Å². The second kappa shape index (κ2) is 6.01. The minimum atomic E-state index is 0.0746. The van der Waals surface area contributed by atoms with Crippen molar-refractivity contribution in [2.75, 3.05) is 6.54 Å². The van der Waals surface area contributed by atoms with Gasteiger partial charge in [-0.15, -0.1) is 0 Å². The van der Waals surface area contributed by atoms with Gasteiger partial charge in [0.25, 0.3) is 0 Å². The van der Waals surface area contributed by atoms with Gasteiger partial charge in [-0.25, -0.2) is 0 Å². The predicted molar refractivity (Wildman–Crippen MR) is 73.2 cm³/mol. The van der Waals surface area contributed by atoms with E-state index in [0.717, 1.165) is 19.3 Å². The number of nitrogens with two attached hydrogens (primary N) is 1. The van der Waals surface area contributed by atoms with E-state index in [1.165, 1.54) is 5.56 Å². The Morgan fingerprint density at radius 3 is 2.83 bits per heavy atom. The first kappa shape index (κ1) is 13.1. The number of hydrogen-bond donors (Lipinski definition) is 2. The maximum Gasteiger partial charge on any atom is 0.223 e. The van der Waals surface area contributed by atoms with Gasteiger partial charge in [-0.05, 0) is 31.4 Å². The van der Waals surface area contributed by atoms with Crippen LogP contribution < -0.4 is 11.1 Å². The molecule has 1 aliphatic carbocycles. The molecule has 0 radical (unpaired) electrons. The van der Waals surface area contributed by atoms with Gasteiger partial charge >= 0.3 is 0 Å². The lowest BCUT2D eigenvalue weighted by Crippen LogP contribution is -2.32. The zero-order valence-corrected chi connectivity index (χ0v) is 10.9. The standard InChI is InChI=1S/C15H22N2O/c1-11(6-5-9-16)15(18)17-14-10-13(14)12-7-3-2-4-8-12/h2-4,7-8,11,13-14H,5-6,9-10,16H2,1H3,(H,17,18). The van der Waals surface area contributed by atoms with Gasteiger partial charge in [-0.3, -0.25) is 4.79 Å². The highest BCUT2D eigenvalue weighted by molar-refractivity contribution is 5.79. The molecular formula is C15H22N2O. The van der Waals surface area contributed by atoms with Crippen molar-refractivity contribution in [2.45, 2.75) is 38.1 Å². The summed E-state index contributed by atoms with van der Waals surface area (Å²) in [5, 5.41) is 3.13. The highest BCUT2D eigenvalue weighted by atomic mass is 16.1. The lowest BCUT2D eigenvalue weighted by Gasteiger charge is -2.11. The molecule has 0 aromatic heterocycles. The summed E-state index contributed by atoms with van der Waals surface area (Å²) in [4.78, 5) is 11.9. The molecule has 0 aliphatic heterocycles. The Kier molecular flexibility index (Phi) is 4.37. The summed E-state index contributed by atoms with van der Waals surface area (Å²) in [6, 6.07) is 10.7. The second-order valence-electron chi connectivity index (χ2n) is 5.20. The van der Waals surface area contributed by atoms with Crippen molar-refractivity contribution in [1.29, 1.82) is 0 Å². The number of rotatable bonds is 6. The summed E-state index contributed by atoms with van der Waals surface area (Å²) in [7, 11) is 0. The fourth-order valence-corrected chi connectivity index (χ4v) is 2.30. The third kappa shape index (κ3) is 3.33. The Morgan fingerprint density at radius 2 is 2.17 bits per heavy atom. The molecule has 1 amide bonds. The van der Waals surface area contributed by atoms with Crippen LogP contribution in [0.25, 0.3) is 0 Å². The molecule has 1 saturated carbocycles. The molecule has 0 heterocycles. The highest BCUT2D eigenvalue weighted by Crippen LogP contribution is 2.40. The van der Waals surface area contributed by atoms with Crippen LogP contribution in [0.2, 0.25) is 0 Å². The molecule has 3 unspecified atom stereocenters. The van der Waals surface area contributed by atoms with E-state index in [1.807, 2.05) is 13.0 Å². The van der Waals surface area contributed by atoms with Crippen molar-refractivity contribution >= 4 is 5.91 Å². The summed E-state index contributed by atoms with van der Waals surface area (Å²) < 4.78 is 0. The smallest absolute Gasteiger partial charge is 0.223 e. The third-order valence-corrected chi connectivity index (χ3v) is 3.63. The Morgan fingerprint density at radius 1 is 1.44 bits per heavy atom. The number of nitrogens with one attached hydrogen (secondary N) is 1. The van der Waals surface area contributed by atoms with Gasteiger partial charge in [-0.1, -0.05) is 37.3 Å². The first-order chi connectivity index (χ1) is 8.72. The lowest BCUT2D eigenvalue weighted by atomic mass is 10.0. The van der Waals surface area contributed by atoms with Crippen molar-refractivity contribution in [3.05, 3.63) is 35.9 Å². The molecule has 0 spiro atoms. The van der Waals surface area contributed by atoms with Crippen LogP contribution in [-0.2, 0) is 4.79 Å². The van der Waals surface area contributed by atoms with Crippen molar-refractivity contribution in [2.24, 2.45) is 11.7 Å². The van der Waals surface area contributed by atoms with E-state index in [1.54, 1.807) is 0 Å². The number of carbonyl (C=O) groups is 1. The molecule has 2 rings (SSSR count). The minimum Gasteiger partial charge on any atom is -0.353 e. The Labute approximate surface area is 109 Å². The van der Waals surface area contributed by atoms with E-state index in [4.69, 9.17) is 5.73 Å². The molecule has 3 N–H and O–H groups in total. The number of carbonyl (C=O) groups excluding carboxylic acids is 1. The van der Waals surface area contributed by atoms with Gasteiger partial charge in [0.15, 0.2) is 0 Å². The lowest BCUT2D eigenvalue weighted by molar-refractivity contribution is -0.124. The van der Waals surface area contributed by atoms with Gasteiger partial charge < -0.3 is 11.1 Å². The fraction of sp³-hybridized carbons (Fsp3) is 0.533. The molecule has 0 saturated heterocycles. The average molecular weight is 246 g/mol. The molecule has 1 aliphatic rings. The topological polar surface area (TPSA) is 55.1 Å². The quantitative estimate of drug-likeness (QED) is 0.807. The maximum absolute atomic E-state index is 11.9. The van der Waals surface area contributed by atoms with Crippen molar-refractivity contribution in [1.82, 2.24) is 5.32 Å². The Balaban J connectivity index is 1.77. The Hall–Kier alpha value is -1.35. The second-order valence-corrected chi connectivity index (χ2v) is 5.20. The predicted octanol–water partition coefficient (Wildman–Crippen LogP) is 2.03. The van der Waals surface area contributed by atoms with Gasteiger partial charge in [0.1, 0.15) is 0 Å². The molecule has 1 fully saturated rings. The molecule has 18 heavy (non-hydrogen) atoms. The normalized spacial score (nSPS) is 23.4. The van der Waals surface area contributed by atoms with E-state index in [0.29, 0.717) is 18.5 Å². The zero-order valence-electron chi connectivity index (χ0n) is 10.9. The van der Waals surface area contributed by atoms with Crippen LogP contribution in [0.3, 0.4) is 0 Å². The van der Waals surface area contributed by atoms with Crippen LogP contribution in [-0.4, -0.2) is 18.5 Å². The average Bonchev–Trinajstić information content (AvgIpc) is 3.16. The van der Waals surface area contributed by atoms with E-state index in [2.05, 4.69) is 29.6 Å². The molecule has 3 nitrogen and oxygen atoms in total. The zero-order chi connectivity index (χ0) is 13.0. The first-order valence-corrected chi connectivity index (χ1v) is 6.77. The van der Waals surface area contributed by atoms with E-state index < -0.39 is 0 Å². The first-order valence-electron chi connectivity index (χ1n) is 6.77. The molecule has 1 aromatic rings. The van der Waals surface area contributed by atoms with Crippen molar-refractivity contribution in [3.8, 4) is 0 Å². The third-order valence-electron chi connectivity index (χ3n) is 3.63. The summed E-state index contributed by atoms with van der Waals surface area (Å²) >= 11 is 0. The van der Waals surface area contributed by atoms with Crippen molar-refractivity contribution < 1.29 is 4.79 Å². The SMILES string of the molecule is CC(CCCN)C(=O)NC1CC1c1ccccc1. The van der Waals surface area contributed by atoms with E-state index >= 15 is 0 Å². The summed E-state index contributed by atoms with van der Waals surface area (Å²) in [6.07, 6.45) is 2.87. The van der Waals surface area contributed by atoms with Gasteiger partial charge in [0, 0.05) is 17.9 Å². The monoisotopic (exact) mass is 246 g/mol. The molecule has 1 aromatic carbocycles. The number of hydrogen-bond acceptors (Lipinski definition) is 2. The van der Waals surface area contributed by atoms with Crippen LogP contribution in [0.15, 0.2) is 30.3 Å². The molecule has 0 bridgehead atoms. The van der Waals surface area contributed by atoms with Gasteiger partial charge in [0.05, 0.1) is 0 Å². The fourth-order valence-electron chi connectivity index (χ4n) is 2.30. The number of benzene rings is 1. The summed E-state index contributed by atoms with van der Waals surface area (Å²) in [6.45, 7) is 2.64. The van der Waals surface area contributed by atoms with Gasteiger partial charge in [-0.2, -0.15) is 0 Å². The summed E-state index contributed by atoms with van der Waals surface area (Å²) in [5.41, 5.74) is 6.79. The van der Waals surface area contributed by atoms with Crippen LogP contribution >= 0.6 is 0 Å². The van der Waals surface area contributed by atoms with Gasteiger partial charge in [0.2, 0.25) is 5.91 Å². The molecule has 98 valence electrons. The largest absolute Gasteiger partial charge is 0.353 e. The number of amides is 1.